The van der Waals surface area contributed by atoms with Crippen LogP contribution < -0.4 is 0 Å². The van der Waals surface area contributed by atoms with Crippen molar-refractivity contribution in [2.24, 2.45) is 17.8 Å². The summed E-state index contributed by atoms with van der Waals surface area (Å²) < 4.78 is 10.6. The number of aliphatic hydroxyl groups excluding tert-OH is 1. The molecule has 5 nitrogen and oxygen atoms in total. The third-order valence-electron chi connectivity index (χ3n) is 4.14. The number of esters is 2. The molecule has 17 heavy (non-hydrogen) atoms. The quantitative estimate of drug-likeness (QED) is 0.554. The third kappa shape index (κ3) is 1.42. The van der Waals surface area contributed by atoms with Gasteiger partial charge in [-0.2, -0.15) is 0 Å². The van der Waals surface area contributed by atoms with Crippen molar-refractivity contribution in [2.75, 3.05) is 6.61 Å². The van der Waals surface area contributed by atoms with Crippen LogP contribution in [0.25, 0.3) is 0 Å². The lowest BCUT2D eigenvalue weighted by molar-refractivity contribution is -0.158. The van der Waals surface area contributed by atoms with Crippen LogP contribution in [0.3, 0.4) is 0 Å². The molecule has 1 aliphatic heterocycles. The average Bonchev–Trinajstić information content (AvgIpc) is 2.92. The zero-order chi connectivity index (χ0) is 12.2. The van der Waals surface area contributed by atoms with Gasteiger partial charge in [0.2, 0.25) is 0 Å². The molecule has 0 radical (unpaired) electrons. The molecule has 0 spiro atoms. The first-order valence-electron chi connectivity index (χ1n) is 5.82. The number of fused-ring (bicyclic) bond motifs is 1. The lowest BCUT2D eigenvalue weighted by atomic mass is 9.88. The van der Waals surface area contributed by atoms with Gasteiger partial charge in [0.15, 0.2) is 0 Å². The predicted octanol–water partition coefficient (Wildman–Crippen LogP) is 0.0281. The molecule has 3 aliphatic rings. The third-order valence-corrected chi connectivity index (χ3v) is 4.14. The fourth-order valence-electron chi connectivity index (χ4n) is 3.34. The Morgan fingerprint density at radius 2 is 2.29 bits per heavy atom. The number of rotatable bonds is 3. The number of hydrogen-bond acceptors (Lipinski definition) is 5. The summed E-state index contributed by atoms with van der Waals surface area (Å²) in [7, 11) is 0. The van der Waals surface area contributed by atoms with E-state index < -0.39 is 12.6 Å². The normalized spacial score (nSPS) is 41.5. The van der Waals surface area contributed by atoms with Gasteiger partial charge in [-0.1, -0.05) is 6.58 Å². The van der Waals surface area contributed by atoms with Gasteiger partial charge in [-0.3, -0.25) is 4.79 Å². The molecule has 92 valence electrons. The Hall–Kier alpha value is -1.36. The minimum atomic E-state index is -0.593. The van der Waals surface area contributed by atoms with Crippen molar-refractivity contribution in [3.8, 4) is 0 Å². The van der Waals surface area contributed by atoms with E-state index >= 15 is 0 Å². The largest absolute Gasteiger partial charge is 0.458 e. The van der Waals surface area contributed by atoms with E-state index in [0.29, 0.717) is 0 Å². The van der Waals surface area contributed by atoms with Crippen LogP contribution in [0, 0.1) is 17.8 Å². The number of hydrogen-bond donors (Lipinski definition) is 1. The Morgan fingerprint density at radius 1 is 1.53 bits per heavy atom. The Balaban J connectivity index is 1.72. The molecule has 5 heteroatoms. The van der Waals surface area contributed by atoms with Crippen molar-refractivity contribution in [3.63, 3.8) is 0 Å². The zero-order valence-corrected chi connectivity index (χ0v) is 9.30. The van der Waals surface area contributed by atoms with E-state index in [-0.39, 0.29) is 41.5 Å². The van der Waals surface area contributed by atoms with Crippen molar-refractivity contribution >= 4 is 11.9 Å². The number of ether oxygens (including phenoxy) is 2. The van der Waals surface area contributed by atoms with Crippen LogP contribution in [0.1, 0.15) is 12.8 Å². The summed E-state index contributed by atoms with van der Waals surface area (Å²) in [5.41, 5.74) is 0.0358. The first-order chi connectivity index (χ1) is 8.11. The molecule has 0 aromatic rings. The van der Waals surface area contributed by atoms with E-state index in [1.54, 1.807) is 0 Å². The summed E-state index contributed by atoms with van der Waals surface area (Å²) in [4.78, 5) is 23.0. The monoisotopic (exact) mass is 238 g/mol. The van der Waals surface area contributed by atoms with Gasteiger partial charge < -0.3 is 14.6 Å². The Labute approximate surface area is 98.4 Å². The molecule has 1 heterocycles. The van der Waals surface area contributed by atoms with Gasteiger partial charge in [0.05, 0.1) is 18.1 Å². The summed E-state index contributed by atoms with van der Waals surface area (Å²) >= 11 is 0. The van der Waals surface area contributed by atoms with Gasteiger partial charge in [0, 0.05) is 11.8 Å². The maximum Gasteiger partial charge on any atom is 0.336 e. The fourth-order valence-corrected chi connectivity index (χ4v) is 3.34. The molecule has 0 amide bonds. The molecule has 0 aromatic carbocycles. The van der Waals surface area contributed by atoms with Crippen LogP contribution in [0.2, 0.25) is 0 Å². The molecule has 3 fully saturated rings. The summed E-state index contributed by atoms with van der Waals surface area (Å²) in [6.07, 6.45) is 1.02. The molecule has 3 rings (SSSR count). The minimum absolute atomic E-state index is 0.0148. The first kappa shape index (κ1) is 10.8. The van der Waals surface area contributed by atoms with Gasteiger partial charge >= 0.3 is 11.9 Å². The molecule has 5 atom stereocenters. The highest BCUT2D eigenvalue weighted by molar-refractivity contribution is 5.88. The lowest BCUT2D eigenvalue weighted by Gasteiger charge is -2.25. The molecule has 0 aromatic heterocycles. The number of carbonyl (C=O) groups is 2. The van der Waals surface area contributed by atoms with Gasteiger partial charge in [0.1, 0.15) is 12.2 Å². The van der Waals surface area contributed by atoms with Crippen molar-refractivity contribution < 1.29 is 24.2 Å². The van der Waals surface area contributed by atoms with Crippen LogP contribution in [0.4, 0.5) is 0 Å². The van der Waals surface area contributed by atoms with E-state index in [1.165, 1.54) is 0 Å². The highest BCUT2D eigenvalue weighted by Gasteiger charge is 2.63. The first-order valence-corrected chi connectivity index (χ1v) is 5.82. The van der Waals surface area contributed by atoms with Gasteiger partial charge in [-0.25, -0.2) is 4.79 Å². The molecule has 1 N–H and O–H groups in total. The topological polar surface area (TPSA) is 72.8 Å². The van der Waals surface area contributed by atoms with Crippen LogP contribution in [-0.4, -0.2) is 35.9 Å². The van der Waals surface area contributed by atoms with Crippen molar-refractivity contribution in [3.05, 3.63) is 12.2 Å². The maximum absolute atomic E-state index is 11.5. The summed E-state index contributed by atoms with van der Waals surface area (Å²) in [5, 5.41) is 8.80. The Bertz CT molecular complexity index is 402. The molecule has 2 aliphatic carbocycles. The second kappa shape index (κ2) is 3.57. The maximum atomic E-state index is 11.5. The molecule has 2 bridgehead atoms. The van der Waals surface area contributed by atoms with E-state index in [4.69, 9.17) is 14.6 Å². The second-order valence-electron chi connectivity index (χ2n) is 5.03. The molecule has 5 unspecified atom stereocenters. The number of carbonyl (C=O) groups excluding carboxylic acids is 2. The van der Waals surface area contributed by atoms with Gasteiger partial charge in [-0.05, 0) is 12.8 Å². The predicted molar refractivity (Wildman–Crippen MR) is 55.7 cm³/mol. The fraction of sp³-hybridized carbons (Fsp3) is 0.667. The SMILES string of the molecule is C=C(CO)C(=O)OC1C2CC3C(=O)OC1C3C2. The molecular weight excluding hydrogens is 224 g/mol. The van der Waals surface area contributed by atoms with Crippen molar-refractivity contribution in [2.45, 2.75) is 25.0 Å². The van der Waals surface area contributed by atoms with Crippen LogP contribution in [0.15, 0.2) is 12.2 Å². The van der Waals surface area contributed by atoms with Gasteiger partial charge in [-0.15, -0.1) is 0 Å². The van der Waals surface area contributed by atoms with E-state index in [9.17, 15) is 9.59 Å². The lowest BCUT2D eigenvalue weighted by Crippen LogP contribution is -2.36. The second-order valence-corrected chi connectivity index (χ2v) is 5.03. The van der Waals surface area contributed by atoms with E-state index in [2.05, 4.69) is 6.58 Å². The van der Waals surface area contributed by atoms with Crippen molar-refractivity contribution in [1.82, 2.24) is 0 Å². The average molecular weight is 238 g/mol. The van der Waals surface area contributed by atoms with Gasteiger partial charge in [0.25, 0.3) is 0 Å². The van der Waals surface area contributed by atoms with Crippen LogP contribution in [-0.2, 0) is 19.1 Å². The molecule has 2 saturated carbocycles. The highest BCUT2D eigenvalue weighted by atomic mass is 16.6. The Kier molecular flexibility index (Phi) is 2.26. The Morgan fingerprint density at radius 3 is 3.00 bits per heavy atom. The van der Waals surface area contributed by atoms with E-state index in [0.717, 1.165) is 12.8 Å². The standard InChI is InChI=1S/C12H14O5/c1-5(4-13)11(14)16-9-6-2-7-8(3-6)12(15)17-10(7)9/h6-10,13H,1-4H2. The number of aliphatic hydroxyl groups is 1. The smallest absolute Gasteiger partial charge is 0.336 e. The van der Waals surface area contributed by atoms with Crippen molar-refractivity contribution in [1.29, 1.82) is 0 Å². The van der Waals surface area contributed by atoms with Crippen LogP contribution in [0.5, 0.6) is 0 Å². The van der Waals surface area contributed by atoms with E-state index in [1.807, 2.05) is 0 Å². The summed E-state index contributed by atoms with van der Waals surface area (Å²) in [6.45, 7) is 3.01. The molecular formula is C12H14O5. The minimum Gasteiger partial charge on any atom is -0.458 e. The van der Waals surface area contributed by atoms with Crippen LogP contribution >= 0.6 is 0 Å². The molecule has 1 saturated heterocycles. The highest BCUT2D eigenvalue weighted by Crippen LogP contribution is 2.55. The summed E-state index contributed by atoms with van der Waals surface area (Å²) in [5.74, 6) is -0.294. The zero-order valence-electron chi connectivity index (χ0n) is 9.30. The summed E-state index contributed by atoms with van der Waals surface area (Å²) in [6, 6.07) is 0.